The van der Waals surface area contributed by atoms with Gasteiger partial charge in [-0.05, 0) is 52.1 Å². The molecule has 0 amide bonds. The summed E-state index contributed by atoms with van der Waals surface area (Å²) in [7, 11) is -1.16. The lowest BCUT2D eigenvalue weighted by atomic mass is 9.82. The highest BCUT2D eigenvalue weighted by Gasteiger charge is 2.21. The van der Waals surface area contributed by atoms with Gasteiger partial charge in [-0.1, -0.05) is 12.8 Å². The summed E-state index contributed by atoms with van der Waals surface area (Å²) >= 11 is 0. The average molecular weight is 228 g/mol. The lowest BCUT2D eigenvalue weighted by Crippen LogP contribution is -2.44. The van der Waals surface area contributed by atoms with E-state index in [-0.39, 0.29) is 5.54 Å². The molecule has 0 aromatic rings. The second-order valence-corrected chi connectivity index (χ2v) is 5.33. The first-order chi connectivity index (χ1) is 7.49. The van der Waals surface area contributed by atoms with Crippen molar-refractivity contribution < 1.29 is 10.0 Å². The van der Waals surface area contributed by atoms with Crippen LogP contribution in [0.3, 0.4) is 0 Å². The first-order valence-corrected chi connectivity index (χ1v) is 6.37. The second kappa shape index (κ2) is 6.59. The van der Waals surface area contributed by atoms with Crippen LogP contribution in [-0.2, 0) is 0 Å². The van der Waals surface area contributed by atoms with E-state index in [1.165, 1.54) is 19.5 Å². The van der Waals surface area contributed by atoms with E-state index < -0.39 is 7.12 Å². The number of nitrogens with two attached hydrogens (primary N) is 1. The zero-order chi connectivity index (χ0) is 12.0. The molecule has 94 valence electrons. The summed E-state index contributed by atoms with van der Waals surface area (Å²) in [5.74, 6) is 0. The minimum Gasteiger partial charge on any atom is -0.427 e. The lowest BCUT2D eigenvalue weighted by molar-refractivity contribution is 0.162. The molecule has 1 heterocycles. The zero-order valence-corrected chi connectivity index (χ0v) is 10.4. The van der Waals surface area contributed by atoms with E-state index in [0.29, 0.717) is 6.32 Å². The van der Waals surface area contributed by atoms with Crippen molar-refractivity contribution in [1.29, 1.82) is 0 Å². The Bertz CT molecular complexity index is 196. The van der Waals surface area contributed by atoms with Gasteiger partial charge in [0.15, 0.2) is 0 Å². The number of unbranched alkanes of at least 4 members (excludes halogenated alkanes) is 1. The van der Waals surface area contributed by atoms with Crippen LogP contribution in [0.25, 0.3) is 0 Å². The topological polar surface area (TPSA) is 69.7 Å². The molecule has 1 atom stereocenters. The molecule has 0 bridgehead atoms. The van der Waals surface area contributed by atoms with Gasteiger partial charge in [0.1, 0.15) is 0 Å². The van der Waals surface area contributed by atoms with Gasteiger partial charge in [-0.3, -0.25) is 0 Å². The van der Waals surface area contributed by atoms with Gasteiger partial charge in [0, 0.05) is 5.54 Å². The number of nitrogens with zero attached hydrogens (tertiary/aromatic N) is 1. The highest BCUT2D eigenvalue weighted by Crippen LogP contribution is 2.18. The molecule has 1 unspecified atom stereocenters. The Labute approximate surface area is 99.0 Å². The molecule has 0 aliphatic carbocycles. The van der Waals surface area contributed by atoms with Gasteiger partial charge in [0.25, 0.3) is 0 Å². The molecule has 0 radical (unpaired) electrons. The summed E-state index contributed by atoms with van der Waals surface area (Å²) in [6.07, 6.45) is 5.61. The molecule has 1 aliphatic heterocycles. The minimum atomic E-state index is -1.16. The van der Waals surface area contributed by atoms with Crippen molar-refractivity contribution >= 4 is 7.12 Å². The summed E-state index contributed by atoms with van der Waals surface area (Å²) in [6.45, 7) is 5.66. The van der Waals surface area contributed by atoms with Gasteiger partial charge < -0.3 is 20.7 Å². The summed E-state index contributed by atoms with van der Waals surface area (Å²) in [5, 5.41) is 17.4. The van der Waals surface area contributed by atoms with Crippen LogP contribution in [0.2, 0.25) is 6.32 Å². The first kappa shape index (κ1) is 14.0. The van der Waals surface area contributed by atoms with Gasteiger partial charge in [0.05, 0.1) is 0 Å². The normalized spacial score (nSPS) is 20.2. The molecule has 4 nitrogen and oxygen atoms in total. The highest BCUT2D eigenvalue weighted by molar-refractivity contribution is 6.40. The lowest BCUT2D eigenvalue weighted by Gasteiger charge is -2.34. The summed E-state index contributed by atoms with van der Waals surface area (Å²) in [4.78, 5) is 2.43. The smallest absolute Gasteiger partial charge is 0.427 e. The molecule has 1 aliphatic rings. The Hall–Kier alpha value is -0.0951. The van der Waals surface area contributed by atoms with E-state index in [4.69, 9.17) is 15.8 Å². The zero-order valence-electron chi connectivity index (χ0n) is 10.4. The number of hydrogen-bond acceptors (Lipinski definition) is 4. The fourth-order valence-electron chi connectivity index (χ4n) is 2.00. The van der Waals surface area contributed by atoms with Crippen molar-refractivity contribution in [3.8, 4) is 0 Å². The van der Waals surface area contributed by atoms with Gasteiger partial charge in [-0.2, -0.15) is 0 Å². The van der Waals surface area contributed by atoms with Gasteiger partial charge in [-0.15, -0.1) is 0 Å². The van der Waals surface area contributed by atoms with E-state index in [1.807, 2.05) is 0 Å². The van der Waals surface area contributed by atoms with E-state index in [2.05, 4.69) is 11.8 Å². The standard InChI is InChI=1S/C11H25BN2O2/c1-11(13,5-2-3-7-12(15)16)6-10-14-8-4-9-14/h15-16H,2-10,13H2,1H3. The Morgan fingerprint density at radius 2 is 1.94 bits per heavy atom. The minimum absolute atomic E-state index is 0.101. The molecule has 16 heavy (non-hydrogen) atoms. The van der Waals surface area contributed by atoms with E-state index in [1.54, 1.807) is 0 Å². The monoisotopic (exact) mass is 228 g/mol. The maximum atomic E-state index is 8.72. The van der Waals surface area contributed by atoms with Crippen LogP contribution in [-0.4, -0.2) is 47.2 Å². The Balaban J connectivity index is 2.02. The molecular weight excluding hydrogens is 203 g/mol. The van der Waals surface area contributed by atoms with Crippen LogP contribution in [0.15, 0.2) is 0 Å². The van der Waals surface area contributed by atoms with Crippen LogP contribution in [0.5, 0.6) is 0 Å². The third kappa shape index (κ3) is 5.84. The van der Waals surface area contributed by atoms with Crippen molar-refractivity contribution in [3.63, 3.8) is 0 Å². The Morgan fingerprint density at radius 1 is 1.25 bits per heavy atom. The van der Waals surface area contributed by atoms with Crippen LogP contribution in [0.4, 0.5) is 0 Å². The van der Waals surface area contributed by atoms with Crippen LogP contribution < -0.4 is 5.73 Å². The van der Waals surface area contributed by atoms with E-state index in [0.717, 1.165) is 32.2 Å². The third-order valence-corrected chi connectivity index (χ3v) is 3.41. The fourth-order valence-corrected chi connectivity index (χ4v) is 2.00. The SMILES string of the molecule is CC(N)(CCCCB(O)O)CCN1CCC1. The number of likely N-dealkylation sites (tertiary alicyclic amines) is 1. The van der Waals surface area contributed by atoms with Crippen LogP contribution >= 0.6 is 0 Å². The maximum absolute atomic E-state index is 8.72. The van der Waals surface area contributed by atoms with E-state index >= 15 is 0 Å². The van der Waals surface area contributed by atoms with Crippen molar-refractivity contribution in [2.24, 2.45) is 5.73 Å². The Morgan fingerprint density at radius 3 is 2.44 bits per heavy atom. The van der Waals surface area contributed by atoms with Crippen molar-refractivity contribution in [3.05, 3.63) is 0 Å². The number of rotatable bonds is 8. The third-order valence-electron chi connectivity index (χ3n) is 3.41. The molecule has 1 fully saturated rings. The summed E-state index contributed by atoms with van der Waals surface area (Å²) in [5.41, 5.74) is 6.11. The van der Waals surface area contributed by atoms with Gasteiger partial charge >= 0.3 is 7.12 Å². The van der Waals surface area contributed by atoms with Crippen molar-refractivity contribution in [2.75, 3.05) is 19.6 Å². The Kier molecular flexibility index (Phi) is 5.76. The predicted molar refractivity (Wildman–Crippen MR) is 67.1 cm³/mol. The van der Waals surface area contributed by atoms with Crippen molar-refractivity contribution in [2.45, 2.75) is 50.9 Å². The number of hydrogen-bond donors (Lipinski definition) is 3. The predicted octanol–water partition coefficient (Wildman–Crippen LogP) is 0.443. The molecular formula is C11H25BN2O2. The first-order valence-electron chi connectivity index (χ1n) is 6.37. The average Bonchev–Trinajstić information content (AvgIpc) is 2.09. The molecule has 0 aromatic heterocycles. The molecule has 1 saturated heterocycles. The molecule has 0 aromatic carbocycles. The second-order valence-electron chi connectivity index (χ2n) is 5.33. The largest absolute Gasteiger partial charge is 0.451 e. The van der Waals surface area contributed by atoms with E-state index in [9.17, 15) is 0 Å². The quantitative estimate of drug-likeness (QED) is 0.416. The maximum Gasteiger partial charge on any atom is 0.451 e. The van der Waals surface area contributed by atoms with Gasteiger partial charge in [0.2, 0.25) is 0 Å². The molecule has 0 spiro atoms. The fraction of sp³-hybridized carbons (Fsp3) is 1.00. The summed E-state index contributed by atoms with van der Waals surface area (Å²) < 4.78 is 0. The van der Waals surface area contributed by atoms with Crippen LogP contribution in [0, 0.1) is 0 Å². The highest BCUT2D eigenvalue weighted by atomic mass is 16.4. The van der Waals surface area contributed by atoms with Gasteiger partial charge in [-0.25, -0.2) is 0 Å². The molecule has 4 N–H and O–H groups in total. The molecule has 0 saturated carbocycles. The van der Waals surface area contributed by atoms with Crippen molar-refractivity contribution in [1.82, 2.24) is 4.90 Å². The molecule has 1 rings (SSSR count). The molecule has 5 heteroatoms. The van der Waals surface area contributed by atoms with Crippen LogP contribution in [0.1, 0.15) is 39.0 Å². The summed E-state index contributed by atoms with van der Waals surface area (Å²) in [6, 6.07) is 0.